The van der Waals surface area contributed by atoms with Gasteiger partial charge < -0.3 is 20.4 Å². The molecule has 0 radical (unpaired) electrons. The fourth-order valence-electron chi connectivity index (χ4n) is 6.09. The normalized spacial score (nSPS) is 13.1. The van der Waals surface area contributed by atoms with E-state index < -0.39 is 10.8 Å². The predicted molar refractivity (Wildman–Crippen MR) is 222 cm³/mol. The third-order valence-electron chi connectivity index (χ3n) is 9.15. The maximum Gasteiger partial charge on any atom is 0.142 e. The molecule has 4 N–H and O–H groups in total. The van der Waals surface area contributed by atoms with E-state index in [1.165, 1.54) is 0 Å². The van der Waals surface area contributed by atoms with Gasteiger partial charge in [0.25, 0.3) is 0 Å². The van der Waals surface area contributed by atoms with Gasteiger partial charge in [0, 0.05) is 15.7 Å². The molecular weight excluding hydrogens is 1050 g/mol. The van der Waals surface area contributed by atoms with E-state index in [0.717, 1.165) is 60.8 Å². The first kappa shape index (κ1) is 35.9. The Morgan fingerprint density at radius 1 is 0.435 bits per heavy atom. The summed E-state index contributed by atoms with van der Waals surface area (Å²) >= 11 is 13.3. The summed E-state index contributed by atoms with van der Waals surface area (Å²) < 4.78 is 3.01. The van der Waals surface area contributed by atoms with E-state index in [1.807, 2.05) is 69.3 Å². The monoisotopic (exact) mass is 1080 g/mol. The molecule has 0 fully saturated rings. The van der Waals surface area contributed by atoms with Crippen molar-refractivity contribution in [1.29, 1.82) is 0 Å². The first-order valence-corrected chi connectivity index (χ1v) is 19.1. The van der Waals surface area contributed by atoms with Crippen LogP contribution in [-0.4, -0.2) is 20.4 Å². The van der Waals surface area contributed by atoms with Crippen LogP contribution < -0.4 is 0 Å². The van der Waals surface area contributed by atoms with Gasteiger partial charge >= 0.3 is 0 Å². The smallest absolute Gasteiger partial charge is 0.142 e. The third kappa shape index (κ3) is 6.24. The van der Waals surface area contributed by atoms with Gasteiger partial charge in [0.2, 0.25) is 0 Å². The number of rotatable bonds is 6. The molecule has 5 aromatic carbocycles. The molecule has 46 heavy (non-hydrogen) atoms. The molecule has 5 aromatic rings. The van der Waals surface area contributed by atoms with Gasteiger partial charge in [-0.2, -0.15) is 0 Å². The van der Waals surface area contributed by atoms with Crippen molar-refractivity contribution in [1.82, 2.24) is 0 Å². The zero-order chi connectivity index (χ0) is 33.9. The second-order valence-corrected chi connectivity index (χ2v) is 17.2. The quantitative estimate of drug-likeness (QED) is 0.0667. The van der Waals surface area contributed by atoms with Crippen molar-refractivity contribution in [3.63, 3.8) is 0 Å². The Hall–Kier alpha value is -1.43. The van der Waals surface area contributed by atoms with Crippen LogP contribution in [0.15, 0.2) is 77.7 Å². The molecule has 0 aliphatic carbocycles. The van der Waals surface area contributed by atoms with Crippen molar-refractivity contribution in [2.45, 2.75) is 50.3 Å². The molecule has 0 aromatic heterocycles. The van der Waals surface area contributed by atoms with Crippen molar-refractivity contribution in [3.8, 4) is 23.0 Å². The maximum atomic E-state index is 10.6. The summed E-state index contributed by atoms with van der Waals surface area (Å²) in [4.78, 5) is 0.497. The number of aromatic hydroxyl groups is 4. The largest absolute Gasteiger partial charge is 0.507 e. The second kappa shape index (κ2) is 13.5. The van der Waals surface area contributed by atoms with E-state index in [4.69, 9.17) is 0 Å². The van der Waals surface area contributed by atoms with Crippen LogP contribution >= 0.6 is 103 Å². The molecule has 0 bridgehead atoms. The lowest BCUT2D eigenvalue weighted by molar-refractivity contribution is 0.457. The maximum absolute atomic E-state index is 10.6. The minimum Gasteiger partial charge on any atom is -0.507 e. The summed E-state index contributed by atoms with van der Waals surface area (Å²) in [7, 11) is 0. The SMILES string of the molecule is Cc1cc(C(C)(c2ccc(C(C)(c3cc(C)c(O)c(I)c3)c3cc(S)c(O)c(I)c3)cc2)c2cc(C)c(O)c(I)c2)cc(I)c1O. The van der Waals surface area contributed by atoms with Crippen LogP contribution in [0.25, 0.3) is 0 Å². The highest BCUT2D eigenvalue weighted by atomic mass is 127. The average molecular weight is 1080 g/mol. The molecule has 238 valence electrons. The van der Waals surface area contributed by atoms with Gasteiger partial charge in [-0.05, 0) is 205 Å². The molecule has 0 amide bonds. The van der Waals surface area contributed by atoms with Crippen molar-refractivity contribution >= 4 is 103 Å². The van der Waals surface area contributed by atoms with E-state index in [1.54, 1.807) is 0 Å². The van der Waals surface area contributed by atoms with Crippen LogP contribution in [0.2, 0.25) is 0 Å². The number of hydrogen-bond acceptors (Lipinski definition) is 5. The fourth-order valence-corrected chi connectivity index (χ4v) is 9.47. The van der Waals surface area contributed by atoms with Gasteiger partial charge in [0.05, 0.1) is 14.3 Å². The number of benzene rings is 5. The number of halogens is 4. The third-order valence-corrected chi connectivity index (χ3v) is 12.8. The predicted octanol–water partition coefficient (Wildman–Crippen LogP) is 10.8. The Labute approximate surface area is 330 Å². The topological polar surface area (TPSA) is 80.9 Å². The minimum absolute atomic E-state index is 0.148. The fraction of sp³-hybridized carbons (Fsp3) is 0.189. The lowest BCUT2D eigenvalue weighted by Crippen LogP contribution is -2.28. The van der Waals surface area contributed by atoms with Crippen LogP contribution in [0.4, 0.5) is 0 Å². The van der Waals surface area contributed by atoms with Gasteiger partial charge in [0.15, 0.2) is 0 Å². The van der Waals surface area contributed by atoms with E-state index in [0.29, 0.717) is 8.47 Å². The van der Waals surface area contributed by atoms with Gasteiger partial charge in [0.1, 0.15) is 23.0 Å². The lowest BCUT2D eigenvalue weighted by Gasteiger charge is -2.36. The van der Waals surface area contributed by atoms with Gasteiger partial charge in [-0.25, -0.2) is 0 Å². The van der Waals surface area contributed by atoms with Crippen LogP contribution in [0, 0.1) is 35.1 Å². The van der Waals surface area contributed by atoms with Crippen molar-refractivity contribution in [2.24, 2.45) is 0 Å². The minimum atomic E-state index is -0.659. The number of phenols is 4. The van der Waals surface area contributed by atoms with Crippen LogP contribution in [0.5, 0.6) is 23.0 Å². The molecule has 5 rings (SSSR count). The molecular formula is C37H32I4O4S. The van der Waals surface area contributed by atoms with Crippen molar-refractivity contribution < 1.29 is 20.4 Å². The molecule has 4 nitrogen and oxygen atoms in total. The van der Waals surface area contributed by atoms with Gasteiger partial charge in [-0.3, -0.25) is 0 Å². The number of thiol groups is 1. The lowest BCUT2D eigenvalue weighted by atomic mass is 9.68. The van der Waals surface area contributed by atoms with E-state index in [9.17, 15) is 20.4 Å². The Bertz CT molecular complexity index is 1660. The highest BCUT2D eigenvalue weighted by molar-refractivity contribution is 14.1. The summed E-state index contributed by atoms with van der Waals surface area (Å²) in [6, 6.07) is 24.7. The second-order valence-electron chi connectivity index (χ2n) is 12.0. The van der Waals surface area contributed by atoms with E-state index >= 15 is 0 Å². The molecule has 0 saturated heterocycles. The Morgan fingerprint density at radius 2 is 0.696 bits per heavy atom. The van der Waals surface area contributed by atoms with E-state index in [-0.39, 0.29) is 23.0 Å². The number of phenolic OH excluding ortho intramolecular Hbond substituents is 4. The average Bonchev–Trinajstić information content (AvgIpc) is 3.02. The highest BCUT2D eigenvalue weighted by Crippen LogP contribution is 2.47. The van der Waals surface area contributed by atoms with Crippen molar-refractivity contribution in [3.05, 3.63) is 137 Å². The van der Waals surface area contributed by atoms with Gasteiger partial charge in [-0.1, -0.05) is 42.5 Å². The molecule has 0 aliphatic rings. The molecule has 1 atom stereocenters. The summed E-state index contributed by atoms with van der Waals surface area (Å²) in [6.07, 6.45) is 0. The molecule has 0 heterocycles. The zero-order valence-corrected chi connectivity index (χ0v) is 35.2. The Morgan fingerprint density at radius 3 is 0.957 bits per heavy atom. The summed E-state index contributed by atoms with van der Waals surface area (Å²) in [5.41, 5.74) is 7.19. The van der Waals surface area contributed by atoms with Gasteiger partial charge in [-0.15, -0.1) is 12.6 Å². The van der Waals surface area contributed by atoms with Crippen molar-refractivity contribution in [2.75, 3.05) is 0 Å². The Kier molecular flexibility index (Phi) is 10.5. The summed E-state index contributed by atoms with van der Waals surface area (Å²) in [5, 5.41) is 42.5. The molecule has 9 heteroatoms. The zero-order valence-electron chi connectivity index (χ0n) is 25.7. The Balaban J connectivity index is 1.78. The first-order valence-electron chi connectivity index (χ1n) is 14.3. The summed E-state index contributed by atoms with van der Waals surface area (Å²) in [6.45, 7) is 10.1. The summed E-state index contributed by atoms with van der Waals surface area (Å²) in [5.74, 6) is 0.973. The molecule has 0 saturated carbocycles. The molecule has 0 spiro atoms. The molecule has 1 unspecified atom stereocenters. The number of aryl methyl sites for hydroxylation is 3. The standard InChI is InChI=1S/C37H32I4O4S/c1-18-10-23(13-27(38)32(18)42)36(4,24-11-19(2)33(43)28(39)14-24)21-6-8-22(9-7-21)37(5,25-12-20(3)34(44)29(40)15-25)26-16-30(41)35(45)31(46)17-26/h6-17,42-46H,1-5H3. The molecule has 0 aliphatic heterocycles. The first-order chi connectivity index (χ1) is 21.5. The van der Waals surface area contributed by atoms with Crippen LogP contribution in [-0.2, 0) is 10.8 Å². The van der Waals surface area contributed by atoms with Crippen LogP contribution in [0.3, 0.4) is 0 Å². The number of hydrogen-bond donors (Lipinski definition) is 5. The van der Waals surface area contributed by atoms with Crippen LogP contribution in [0.1, 0.15) is 63.9 Å². The highest BCUT2D eigenvalue weighted by Gasteiger charge is 2.36. The van der Waals surface area contributed by atoms with E-state index in [2.05, 4.69) is 141 Å².